The van der Waals surface area contributed by atoms with Crippen LogP contribution in [0.2, 0.25) is 0 Å². The zero-order chi connectivity index (χ0) is 13.5. The van der Waals surface area contributed by atoms with Crippen LogP contribution in [0.25, 0.3) is 0 Å². The van der Waals surface area contributed by atoms with E-state index in [1.165, 1.54) is 7.11 Å². The van der Waals surface area contributed by atoms with Gasteiger partial charge in [-0.3, -0.25) is 0 Å². The van der Waals surface area contributed by atoms with Crippen LogP contribution in [-0.4, -0.2) is 19.7 Å². The Bertz CT molecular complexity index is 383. The molecule has 0 saturated heterocycles. The minimum absolute atomic E-state index is 0.0757. The Balaban J connectivity index is 2.45. The Morgan fingerprint density at radius 1 is 1.33 bits per heavy atom. The highest BCUT2D eigenvalue weighted by Gasteiger charge is 2.09. The van der Waals surface area contributed by atoms with Gasteiger partial charge in [0.2, 0.25) is 0 Å². The molecule has 18 heavy (non-hydrogen) atoms. The molecule has 0 aromatic heterocycles. The van der Waals surface area contributed by atoms with Gasteiger partial charge >= 0.3 is 0 Å². The van der Waals surface area contributed by atoms with Crippen LogP contribution in [0.4, 0.5) is 8.78 Å². The summed E-state index contributed by atoms with van der Waals surface area (Å²) in [7, 11) is 1.31. The largest absolute Gasteiger partial charge is 0.494 e. The molecule has 0 heterocycles. The van der Waals surface area contributed by atoms with Gasteiger partial charge in [-0.1, -0.05) is 0 Å². The van der Waals surface area contributed by atoms with Crippen LogP contribution in [0, 0.1) is 11.6 Å². The molecule has 1 unspecified atom stereocenters. The van der Waals surface area contributed by atoms with Gasteiger partial charge in [-0.25, -0.2) is 8.78 Å². The molecular weight excluding hydrogens is 238 g/mol. The van der Waals surface area contributed by atoms with Crippen LogP contribution in [0.15, 0.2) is 12.1 Å². The summed E-state index contributed by atoms with van der Waals surface area (Å²) >= 11 is 0. The van der Waals surface area contributed by atoms with Gasteiger partial charge in [0.15, 0.2) is 11.6 Å². The third kappa shape index (κ3) is 4.58. The van der Waals surface area contributed by atoms with Crippen LogP contribution < -0.4 is 15.8 Å². The predicted octanol–water partition coefficient (Wildman–Crippen LogP) is 2.19. The quantitative estimate of drug-likeness (QED) is 0.737. The fraction of sp³-hybridized carbons (Fsp3) is 0.538. The maximum Gasteiger partial charge on any atom is 0.165 e. The molecule has 0 radical (unpaired) electrons. The summed E-state index contributed by atoms with van der Waals surface area (Å²) in [6.45, 7) is 2.97. The molecule has 1 atom stereocenters. The summed E-state index contributed by atoms with van der Waals surface area (Å²) < 4.78 is 31.6. The van der Waals surface area contributed by atoms with Gasteiger partial charge in [-0.2, -0.15) is 0 Å². The van der Waals surface area contributed by atoms with Crippen molar-refractivity contribution in [3.63, 3.8) is 0 Å². The van der Waals surface area contributed by atoms with Crippen LogP contribution in [0.5, 0.6) is 5.75 Å². The van der Waals surface area contributed by atoms with E-state index in [-0.39, 0.29) is 11.8 Å². The summed E-state index contributed by atoms with van der Waals surface area (Å²) in [5.74, 6) is -1.09. The summed E-state index contributed by atoms with van der Waals surface area (Å²) in [6, 6.07) is 2.39. The summed E-state index contributed by atoms with van der Waals surface area (Å²) in [6.07, 6.45) is 1.82. The molecule has 0 aliphatic rings. The van der Waals surface area contributed by atoms with Crippen molar-refractivity contribution in [1.29, 1.82) is 0 Å². The number of nitrogens with two attached hydrogens (primary N) is 1. The average Bonchev–Trinajstić information content (AvgIpc) is 2.32. The molecule has 1 rings (SSSR count). The lowest BCUT2D eigenvalue weighted by atomic mass is 10.1. The molecule has 1 aromatic carbocycles. The summed E-state index contributed by atoms with van der Waals surface area (Å²) in [4.78, 5) is 0. The minimum Gasteiger partial charge on any atom is -0.494 e. The molecule has 3 nitrogen and oxygen atoms in total. The van der Waals surface area contributed by atoms with Crippen molar-refractivity contribution in [2.45, 2.75) is 32.4 Å². The number of hydrogen-bond donors (Lipinski definition) is 2. The van der Waals surface area contributed by atoms with Gasteiger partial charge in [0, 0.05) is 24.2 Å². The highest BCUT2D eigenvalue weighted by Crippen LogP contribution is 2.21. The van der Waals surface area contributed by atoms with Crippen LogP contribution in [-0.2, 0) is 6.54 Å². The van der Waals surface area contributed by atoms with Crippen LogP contribution in [0.3, 0.4) is 0 Å². The molecular formula is C13H20F2N2O. The first-order valence-electron chi connectivity index (χ1n) is 6.02. The van der Waals surface area contributed by atoms with Gasteiger partial charge in [0.25, 0.3) is 0 Å². The lowest BCUT2D eigenvalue weighted by Crippen LogP contribution is -2.20. The van der Waals surface area contributed by atoms with Crippen molar-refractivity contribution in [3.05, 3.63) is 29.3 Å². The van der Waals surface area contributed by atoms with Gasteiger partial charge in [0.1, 0.15) is 5.82 Å². The zero-order valence-electron chi connectivity index (χ0n) is 10.8. The van der Waals surface area contributed by atoms with E-state index in [1.807, 2.05) is 6.92 Å². The molecule has 102 valence electrons. The molecule has 0 spiro atoms. The van der Waals surface area contributed by atoms with Crippen molar-refractivity contribution in [1.82, 2.24) is 5.32 Å². The molecule has 0 saturated carbocycles. The zero-order valence-corrected chi connectivity index (χ0v) is 10.8. The van der Waals surface area contributed by atoms with E-state index in [9.17, 15) is 8.78 Å². The second-order valence-corrected chi connectivity index (χ2v) is 4.37. The lowest BCUT2D eigenvalue weighted by Gasteiger charge is -2.09. The van der Waals surface area contributed by atoms with E-state index in [0.29, 0.717) is 12.1 Å². The predicted molar refractivity (Wildman–Crippen MR) is 67.5 cm³/mol. The molecule has 1 aromatic rings. The van der Waals surface area contributed by atoms with Gasteiger partial charge in [-0.05, 0) is 32.4 Å². The monoisotopic (exact) mass is 258 g/mol. The molecule has 5 heteroatoms. The Kier molecular flexibility index (Phi) is 6.01. The van der Waals surface area contributed by atoms with Crippen molar-refractivity contribution in [3.8, 4) is 5.75 Å². The van der Waals surface area contributed by atoms with E-state index in [1.54, 1.807) is 0 Å². The highest BCUT2D eigenvalue weighted by atomic mass is 19.1. The van der Waals surface area contributed by atoms with Crippen molar-refractivity contribution < 1.29 is 13.5 Å². The lowest BCUT2D eigenvalue weighted by molar-refractivity contribution is 0.381. The number of rotatable bonds is 7. The second-order valence-electron chi connectivity index (χ2n) is 4.37. The smallest absolute Gasteiger partial charge is 0.165 e. The fourth-order valence-corrected chi connectivity index (χ4v) is 1.63. The molecule has 0 amide bonds. The third-order valence-electron chi connectivity index (χ3n) is 2.65. The van der Waals surface area contributed by atoms with E-state index < -0.39 is 11.6 Å². The summed E-state index contributed by atoms with van der Waals surface area (Å²) in [5, 5.41) is 3.06. The Hall–Kier alpha value is -1.20. The number of methoxy groups -OCH3 is 1. The SMILES string of the molecule is COc1cc(F)c(CNCCCC(C)N)cc1F. The third-order valence-corrected chi connectivity index (χ3v) is 2.65. The second kappa shape index (κ2) is 7.28. The van der Waals surface area contributed by atoms with Crippen LogP contribution in [0.1, 0.15) is 25.3 Å². The number of halogens is 2. The first-order chi connectivity index (χ1) is 8.54. The van der Waals surface area contributed by atoms with Crippen molar-refractivity contribution in [2.24, 2.45) is 5.73 Å². The molecule has 0 aliphatic heterocycles. The molecule has 3 N–H and O–H groups in total. The van der Waals surface area contributed by atoms with Gasteiger partial charge in [0.05, 0.1) is 7.11 Å². The Morgan fingerprint density at radius 2 is 2.06 bits per heavy atom. The summed E-state index contributed by atoms with van der Waals surface area (Å²) in [5.41, 5.74) is 5.91. The number of nitrogens with one attached hydrogen (secondary N) is 1. The first kappa shape index (κ1) is 14.9. The van der Waals surface area contributed by atoms with Gasteiger partial charge in [-0.15, -0.1) is 0 Å². The Morgan fingerprint density at radius 3 is 2.67 bits per heavy atom. The molecule has 0 bridgehead atoms. The van der Waals surface area contributed by atoms with E-state index in [0.717, 1.165) is 31.5 Å². The maximum atomic E-state index is 13.5. The standard InChI is InChI=1S/C13H20F2N2O/c1-9(16)4-3-5-17-8-10-6-12(15)13(18-2)7-11(10)14/h6-7,9,17H,3-5,8,16H2,1-2H3. The van der Waals surface area contributed by atoms with Crippen molar-refractivity contribution in [2.75, 3.05) is 13.7 Å². The maximum absolute atomic E-state index is 13.5. The van der Waals surface area contributed by atoms with E-state index in [2.05, 4.69) is 5.32 Å². The molecule has 0 fully saturated rings. The first-order valence-corrected chi connectivity index (χ1v) is 6.02. The highest BCUT2D eigenvalue weighted by molar-refractivity contribution is 5.30. The van der Waals surface area contributed by atoms with Crippen LogP contribution >= 0.6 is 0 Å². The fourth-order valence-electron chi connectivity index (χ4n) is 1.63. The number of ether oxygens (including phenoxy) is 1. The van der Waals surface area contributed by atoms with E-state index in [4.69, 9.17) is 10.5 Å². The molecule has 0 aliphatic carbocycles. The van der Waals surface area contributed by atoms with E-state index >= 15 is 0 Å². The Labute approximate surface area is 106 Å². The average molecular weight is 258 g/mol. The van der Waals surface area contributed by atoms with Gasteiger partial charge < -0.3 is 15.8 Å². The van der Waals surface area contributed by atoms with Crippen molar-refractivity contribution >= 4 is 0 Å². The number of benzene rings is 1. The normalized spacial score (nSPS) is 12.5. The minimum atomic E-state index is -0.550. The topological polar surface area (TPSA) is 47.3 Å². The number of hydrogen-bond acceptors (Lipinski definition) is 3.